The molecule has 3 heteroatoms. The lowest BCUT2D eigenvalue weighted by atomic mass is 10.0. The summed E-state index contributed by atoms with van der Waals surface area (Å²) in [6.45, 7) is 2.14. The van der Waals surface area contributed by atoms with Crippen LogP contribution < -0.4 is 0 Å². The summed E-state index contributed by atoms with van der Waals surface area (Å²) < 4.78 is 0. The lowest BCUT2D eigenvalue weighted by Gasteiger charge is -2.06. The molecule has 0 bridgehead atoms. The molecule has 3 nitrogen and oxygen atoms in total. The van der Waals surface area contributed by atoms with Gasteiger partial charge in [-0.15, -0.1) is 0 Å². The Balaban J connectivity index is 2.67. The van der Waals surface area contributed by atoms with Crippen molar-refractivity contribution in [3.8, 4) is 5.75 Å². The van der Waals surface area contributed by atoms with Gasteiger partial charge in [-0.1, -0.05) is 32.3 Å². The van der Waals surface area contributed by atoms with Gasteiger partial charge in [0.2, 0.25) is 0 Å². The maximum atomic E-state index is 11.0. The van der Waals surface area contributed by atoms with Gasteiger partial charge in [0.25, 0.3) is 0 Å². The van der Waals surface area contributed by atoms with E-state index >= 15 is 0 Å². The molecule has 0 saturated heterocycles. The van der Waals surface area contributed by atoms with Crippen LogP contribution in [0, 0.1) is 0 Å². The Morgan fingerprint density at radius 1 is 1.25 bits per heavy atom. The monoisotopic (exact) mass is 222 g/mol. The lowest BCUT2D eigenvalue weighted by Crippen LogP contribution is -2.02. The van der Waals surface area contributed by atoms with E-state index in [9.17, 15) is 9.90 Å². The van der Waals surface area contributed by atoms with Gasteiger partial charge in [-0.3, -0.25) is 0 Å². The van der Waals surface area contributed by atoms with Crippen molar-refractivity contribution in [2.75, 3.05) is 0 Å². The molecule has 0 heterocycles. The number of benzene rings is 1. The first-order chi connectivity index (χ1) is 7.65. The highest BCUT2D eigenvalue weighted by Crippen LogP contribution is 2.19. The molecule has 0 spiro atoms. The second-order valence-electron chi connectivity index (χ2n) is 3.96. The molecule has 1 rings (SSSR count). The fourth-order valence-corrected chi connectivity index (χ4v) is 1.72. The third kappa shape index (κ3) is 3.57. The highest BCUT2D eigenvalue weighted by atomic mass is 16.4. The molecule has 0 aromatic heterocycles. The van der Waals surface area contributed by atoms with E-state index in [2.05, 4.69) is 6.92 Å². The van der Waals surface area contributed by atoms with Gasteiger partial charge in [0.1, 0.15) is 5.75 Å². The van der Waals surface area contributed by atoms with Gasteiger partial charge in [0.15, 0.2) is 0 Å². The zero-order valence-electron chi connectivity index (χ0n) is 9.57. The van der Waals surface area contributed by atoms with Crippen LogP contribution in [-0.4, -0.2) is 16.2 Å². The minimum Gasteiger partial charge on any atom is -0.508 e. The number of rotatable bonds is 6. The van der Waals surface area contributed by atoms with Crippen molar-refractivity contribution in [3.05, 3.63) is 29.3 Å². The molecule has 0 aliphatic heterocycles. The normalized spacial score (nSPS) is 10.3. The molecule has 1 aromatic rings. The lowest BCUT2D eigenvalue weighted by molar-refractivity contribution is 0.0695. The number of unbranched alkanes of at least 4 members (excludes halogenated alkanes) is 3. The summed E-state index contributed by atoms with van der Waals surface area (Å²) in [4.78, 5) is 11.0. The smallest absolute Gasteiger partial charge is 0.336 e. The van der Waals surface area contributed by atoms with Gasteiger partial charge in [-0.2, -0.15) is 0 Å². The average molecular weight is 222 g/mol. The second-order valence-corrected chi connectivity index (χ2v) is 3.96. The summed E-state index contributed by atoms with van der Waals surface area (Å²) in [5.74, 6) is -0.962. The SMILES string of the molecule is CCCCCCc1ccc(O)cc1C(=O)O. The Morgan fingerprint density at radius 3 is 2.62 bits per heavy atom. The molecule has 0 aliphatic carbocycles. The summed E-state index contributed by atoms with van der Waals surface area (Å²) in [5.41, 5.74) is 1.03. The Bertz CT molecular complexity index is 358. The van der Waals surface area contributed by atoms with Crippen molar-refractivity contribution in [3.63, 3.8) is 0 Å². The molecule has 0 aliphatic rings. The van der Waals surface area contributed by atoms with Gasteiger partial charge < -0.3 is 10.2 Å². The van der Waals surface area contributed by atoms with Crippen molar-refractivity contribution >= 4 is 5.97 Å². The summed E-state index contributed by atoms with van der Waals surface area (Å²) in [6.07, 6.45) is 5.24. The van der Waals surface area contributed by atoms with Crippen LogP contribution in [0.25, 0.3) is 0 Å². The quantitative estimate of drug-likeness (QED) is 0.726. The van der Waals surface area contributed by atoms with Gasteiger partial charge >= 0.3 is 5.97 Å². The first kappa shape index (κ1) is 12.6. The maximum absolute atomic E-state index is 11.0. The van der Waals surface area contributed by atoms with Crippen LogP contribution in [0.2, 0.25) is 0 Å². The molecule has 0 amide bonds. The summed E-state index contributed by atoms with van der Waals surface area (Å²) in [6, 6.07) is 4.56. The van der Waals surface area contributed by atoms with E-state index in [0.29, 0.717) is 0 Å². The van der Waals surface area contributed by atoms with Crippen LogP contribution in [0.5, 0.6) is 5.75 Å². The molecule has 0 fully saturated rings. The average Bonchev–Trinajstić information content (AvgIpc) is 2.26. The Hall–Kier alpha value is -1.51. The van der Waals surface area contributed by atoms with Gasteiger partial charge in [-0.05, 0) is 30.5 Å². The standard InChI is InChI=1S/C13H18O3/c1-2-3-4-5-6-10-7-8-11(14)9-12(10)13(15)16/h7-9,14H,2-6H2,1H3,(H,15,16). The molecular formula is C13H18O3. The first-order valence-electron chi connectivity index (χ1n) is 5.70. The van der Waals surface area contributed by atoms with Crippen molar-refractivity contribution in [1.82, 2.24) is 0 Å². The largest absolute Gasteiger partial charge is 0.508 e. The van der Waals surface area contributed by atoms with Crippen LogP contribution in [-0.2, 0) is 6.42 Å². The highest BCUT2D eigenvalue weighted by molar-refractivity contribution is 5.89. The Kier molecular flexibility index (Phi) is 4.83. The van der Waals surface area contributed by atoms with Gasteiger partial charge in [0.05, 0.1) is 5.56 Å². The van der Waals surface area contributed by atoms with Crippen molar-refractivity contribution in [1.29, 1.82) is 0 Å². The number of phenols is 1. The van der Waals surface area contributed by atoms with Crippen molar-refractivity contribution < 1.29 is 15.0 Å². The molecule has 2 N–H and O–H groups in total. The minimum atomic E-state index is -0.971. The number of aromatic carboxylic acids is 1. The number of hydrogen-bond acceptors (Lipinski definition) is 2. The van der Waals surface area contributed by atoms with E-state index in [1.54, 1.807) is 12.1 Å². The van der Waals surface area contributed by atoms with Gasteiger partial charge in [0, 0.05) is 0 Å². The zero-order chi connectivity index (χ0) is 12.0. The van der Waals surface area contributed by atoms with E-state index in [0.717, 1.165) is 24.8 Å². The van der Waals surface area contributed by atoms with Gasteiger partial charge in [-0.25, -0.2) is 4.79 Å². The van der Waals surface area contributed by atoms with Crippen LogP contribution in [0.4, 0.5) is 0 Å². The maximum Gasteiger partial charge on any atom is 0.336 e. The predicted octanol–water partition coefficient (Wildman–Crippen LogP) is 3.21. The molecule has 16 heavy (non-hydrogen) atoms. The Morgan fingerprint density at radius 2 is 2.00 bits per heavy atom. The molecule has 0 radical (unpaired) electrons. The van der Waals surface area contributed by atoms with Crippen LogP contribution >= 0.6 is 0 Å². The summed E-state index contributed by atoms with van der Waals surface area (Å²) in [5, 5.41) is 18.2. The summed E-state index contributed by atoms with van der Waals surface area (Å²) >= 11 is 0. The van der Waals surface area contributed by atoms with E-state index < -0.39 is 5.97 Å². The number of carbonyl (C=O) groups is 1. The first-order valence-corrected chi connectivity index (χ1v) is 5.70. The number of aromatic hydroxyl groups is 1. The fourth-order valence-electron chi connectivity index (χ4n) is 1.72. The molecule has 0 unspecified atom stereocenters. The molecule has 88 valence electrons. The topological polar surface area (TPSA) is 57.5 Å². The van der Waals surface area contributed by atoms with Crippen LogP contribution in [0.3, 0.4) is 0 Å². The number of hydrogen-bond donors (Lipinski definition) is 2. The van der Waals surface area contributed by atoms with Crippen molar-refractivity contribution in [2.45, 2.75) is 39.0 Å². The number of aryl methyl sites for hydroxylation is 1. The van der Waals surface area contributed by atoms with Crippen LogP contribution in [0.15, 0.2) is 18.2 Å². The third-order valence-corrected chi connectivity index (χ3v) is 2.62. The predicted molar refractivity (Wildman–Crippen MR) is 62.9 cm³/mol. The molecule has 1 aromatic carbocycles. The number of carboxylic acids is 1. The molecule has 0 atom stereocenters. The fraction of sp³-hybridized carbons (Fsp3) is 0.462. The third-order valence-electron chi connectivity index (χ3n) is 2.62. The van der Waals surface area contributed by atoms with Crippen LogP contribution in [0.1, 0.15) is 48.5 Å². The molecular weight excluding hydrogens is 204 g/mol. The van der Waals surface area contributed by atoms with Crippen molar-refractivity contribution in [2.24, 2.45) is 0 Å². The van der Waals surface area contributed by atoms with E-state index in [1.807, 2.05) is 0 Å². The van der Waals surface area contributed by atoms with E-state index in [-0.39, 0.29) is 11.3 Å². The zero-order valence-corrected chi connectivity index (χ0v) is 9.57. The minimum absolute atomic E-state index is 0.00899. The number of carboxylic acid groups (broad SMARTS) is 1. The second kappa shape index (κ2) is 6.16. The Labute approximate surface area is 95.7 Å². The number of phenolic OH excluding ortho intramolecular Hbond substituents is 1. The van der Waals surface area contributed by atoms with E-state index in [4.69, 9.17) is 5.11 Å². The molecule has 0 saturated carbocycles. The van der Waals surface area contributed by atoms with E-state index in [1.165, 1.54) is 18.9 Å². The highest BCUT2D eigenvalue weighted by Gasteiger charge is 2.10. The summed E-state index contributed by atoms with van der Waals surface area (Å²) in [7, 11) is 0.